The van der Waals surface area contributed by atoms with Crippen LogP contribution in [0.3, 0.4) is 0 Å². The van der Waals surface area contributed by atoms with Crippen molar-refractivity contribution in [2.45, 2.75) is 90.2 Å². The van der Waals surface area contributed by atoms with Crippen LogP contribution in [0.2, 0.25) is 0 Å². The van der Waals surface area contributed by atoms with Crippen molar-refractivity contribution in [1.82, 2.24) is 10.6 Å². The van der Waals surface area contributed by atoms with E-state index >= 15 is 0 Å². The highest BCUT2D eigenvalue weighted by Crippen LogP contribution is 2.67. The summed E-state index contributed by atoms with van der Waals surface area (Å²) in [5.74, 6) is 1.67. The molecule has 232 valence electrons. The molecule has 4 aliphatic carbocycles. The summed E-state index contributed by atoms with van der Waals surface area (Å²) >= 11 is 1.71. The molecule has 0 spiro atoms. The van der Waals surface area contributed by atoms with Crippen molar-refractivity contribution in [3.63, 3.8) is 0 Å². The zero-order valence-corrected chi connectivity index (χ0v) is 26.6. The number of rotatable bonds is 10. The fourth-order valence-corrected chi connectivity index (χ4v) is 9.24. The number of amides is 2. The number of ketones is 1. The van der Waals surface area contributed by atoms with Gasteiger partial charge in [-0.05, 0) is 98.0 Å². The van der Waals surface area contributed by atoms with Crippen molar-refractivity contribution in [2.75, 3.05) is 18.9 Å². The van der Waals surface area contributed by atoms with Crippen LogP contribution in [0, 0.1) is 17.3 Å². The topological polar surface area (TPSA) is 105 Å². The van der Waals surface area contributed by atoms with Crippen LogP contribution >= 0.6 is 11.8 Å². The number of hydrogen-bond donors (Lipinski definition) is 3. The number of urea groups is 1. The average molecular weight is 607 g/mol. The van der Waals surface area contributed by atoms with Crippen LogP contribution in [0.4, 0.5) is 4.79 Å². The summed E-state index contributed by atoms with van der Waals surface area (Å²) in [5, 5.41) is 19.8. The van der Waals surface area contributed by atoms with E-state index in [1.54, 1.807) is 18.7 Å². The Labute approximate surface area is 260 Å². The molecule has 7 nitrogen and oxygen atoms in total. The second-order valence-electron chi connectivity index (χ2n) is 12.8. The largest absolute Gasteiger partial charge is 0.466 e. The van der Waals surface area contributed by atoms with Gasteiger partial charge in [0.2, 0.25) is 0 Å². The second kappa shape index (κ2) is 13.4. The maximum atomic E-state index is 12.3. The molecule has 0 heterocycles. The molecule has 1 aromatic rings. The molecular weight excluding hydrogens is 560 g/mol. The van der Waals surface area contributed by atoms with E-state index in [1.165, 1.54) is 22.3 Å². The lowest BCUT2D eigenvalue weighted by atomic mass is 9.51. The quantitative estimate of drug-likeness (QED) is 0.269. The van der Waals surface area contributed by atoms with E-state index in [2.05, 4.69) is 47.2 Å². The van der Waals surface area contributed by atoms with Gasteiger partial charge in [0.1, 0.15) is 0 Å². The van der Waals surface area contributed by atoms with Crippen LogP contribution in [0.15, 0.2) is 58.5 Å². The van der Waals surface area contributed by atoms with Gasteiger partial charge in [-0.15, -0.1) is 11.8 Å². The van der Waals surface area contributed by atoms with Crippen LogP contribution in [0.5, 0.6) is 0 Å². The highest BCUT2D eigenvalue weighted by Gasteiger charge is 2.62. The number of allylic oxidation sites excluding steroid dienone is 5. The van der Waals surface area contributed by atoms with Gasteiger partial charge in [-0.1, -0.05) is 42.8 Å². The van der Waals surface area contributed by atoms with E-state index in [-0.39, 0.29) is 42.1 Å². The maximum absolute atomic E-state index is 12.3. The summed E-state index contributed by atoms with van der Waals surface area (Å²) in [6.45, 7) is 7.05. The maximum Gasteiger partial charge on any atom is 0.315 e. The fraction of sp³-hybridized carbons (Fsp3) is 0.571. The van der Waals surface area contributed by atoms with Gasteiger partial charge in [0.05, 0.1) is 18.6 Å². The van der Waals surface area contributed by atoms with E-state index in [4.69, 9.17) is 4.74 Å². The smallest absolute Gasteiger partial charge is 0.315 e. The Bertz CT molecular complexity index is 1320. The molecule has 2 amide bonds. The summed E-state index contributed by atoms with van der Waals surface area (Å²) in [6.07, 6.45) is 10.3. The zero-order valence-electron chi connectivity index (χ0n) is 25.7. The highest BCUT2D eigenvalue weighted by atomic mass is 32.2. The van der Waals surface area contributed by atoms with Crippen molar-refractivity contribution in [3.05, 3.63) is 69.7 Å². The molecule has 5 unspecified atom stereocenters. The molecule has 3 N–H and O–H groups in total. The first kappa shape index (κ1) is 31.6. The Morgan fingerprint density at radius 2 is 1.93 bits per heavy atom. The van der Waals surface area contributed by atoms with Gasteiger partial charge in [-0.2, -0.15) is 0 Å². The monoisotopic (exact) mass is 606 g/mol. The van der Waals surface area contributed by atoms with Crippen molar-refractivity contribution < 1.29 is 24.2 Å². The molecule has 8 heteroatoms. The molecule has 0 radical (unpaired) electrons. The van der Waals surface area contributed by atoms with Gasteiger partial charge in [0.15, 0.2) is 5.78 Å². The van der Waals surface area contributed by atoms with Crippen molar-refractivity contribution in [2.24, 2.45) is 17.3 Å². The molecular formula is C35H46N2O5S. The molecule has 2 saturated carbocycles. The molecule has 0 aliphatic heterocycles. The number of nitrogens with one attached hydrogen (secondary N) is 2. The number of fused-ring (bicyclic) bond motifs is 4. The lowest BCUT2D eigenvalue weighted by molar-refractivity contribution is -0.142. The Morgan fingerprint density at radius 3 is 2.67 bits per heavy atom. The third-order valence-electron chi connectivity index (χ3n) is 10.4. The van der Waals surface area contributed by atoms with Crippen LogP contribution in [-0.4, -0.2) is 47.4 Å². The van der Waals surface area contributed by atoms with Crippen LogP contribution in [-0.2, 0) is 20.9 Å². The number of esters is 1. The van der Waals surface area contributed by atoms with E-state index in [0.29, 0.717) is 37.2 Å². The van der Waals surface area contributed by atoms with Crippen LogP contribution < -0.4 is 10.6 Å². The average Bonchev–Trinajstić information content (AvgIpc) is 3.25. The highest BCUT2D eigenvalue weighted by molar-refractivity contribution is 8.02. The summed E-state index contributed by atoms with van der Waals surface area (Å²) in [6, 6.07) is 8.21. The lowest BCUT2D eigenvalue weighted by Crippen LogP contribution is -2.52. The molecule has 1 aromatic carbocycles. The van der Waals surface area contributed by atoms with Crippen LogP contribution in [0.1, 0.15) is 89.2 Å². The predicted octanol–water partition coefficient (Wildman–Crippen LogP) is 6.34. The molecule has 0 bridgehead atoms. The van der Waals surface area contributed by atoms with E-state index in [1.807, 2.05) is 19.1 Å². The Morgan fingerprint density at radius 1 is 1.14 bits per heavy atom. The Balaban J connectivity index is 1.37. The number of hydrogen-bond acceptors (Lipinski definition) is 6. The molecule has 0 saturated heterocycles. The molecule has 0 aromatic heterocycles. The summed E-state index contributed by atoms with van der Waals surface area (Å²) in [7, 11) is 0. The van der Waals surface area contributed by atoms with E-state index in [9.17, 15) is 19.5 Å². The van der Waals surface area contributed by atoms with Gasteiger partial charge in [0, 0.05) is 36.6 Å². The fourth-order valence-electron chi connectivity index (χ4n) is 8.20. The minimum absolute atomic E-state index is 0.143. The molecule has 43 heavy (non-hydrogen) atoms. The molecule has 5 atom stereocenters. The summed E-state index contributed by atoms with van der Waals surface area (Å²) in [4.78, 5) is 36.1. The van der Waals surface area contributed by atoms with Gasteiger partial charge < -0.3 is 20.5 Å². The Kier molecular flexibility index (Phi) is 9.86. The first-order valence-electron chi connectivity index (χ1n) is 15.9. The van der Waals surface area contributed by atoms with E-state index < -0.39 is 5.60 Å². The number of carbonyl (C=O) groups excluding carboxylic acids is 3. The number of thioether (sulfide) groups is 1. The molecule has 5 rings (SSSR count). The van der Waals surface area contributed by atoms with E-state index in [0.717, 1.165) is 44.1 Å². The third-order valence-corrected chi connectivity index (χ3v) is 11.5. The number of aliphatic hydroxyl groups is 1. The van der Waals surface area contributed by atoms with Gasteiger partial charge in [-0.3, -0.25) is 9.59 Å². The number of ether oxygens (including phenoxy) is 1. The zero-order chi connectivity index (χ0) is 30.6. The Hall–Kier alpha value is -2.84. The van der Waals surface area contributed by atoms with Crippen LogP contribution in [0.25, 0.3) is 0 Å². The first-order valence-corrected chi connectivity index (χ1v) is 16.9. The summed E-state index contributed by atoms with van der Waals surface area (Å²) < 4.78 is 4.89. The second-order valence-corrected chi connectivity index (χ2v) is 13.6. The summed E-state index contributed by atoms with van der Waals surface area (Å²) in [5.41, 5.74) is 5.47. The van der Waals surface area contributed by atoms with Crippen molar-refractivity contribution >= 4 is 29.5 Å². The minimum atomic E-state index is -0.723. The first-order chi connectivity index (χ1) is 20.7. The molecule has 4 aliphatic rings. The van der Waals surface area contributed by atoms with Gasteiger partial charge in [0.25, 0.3) is 0 Å². The SMILES string of the molecule is CC=CSCC1(O)CCC2C3CCC4=CC(=O)CCC4=C3C(c3ccc(CNC(=O)NCCC(=O)OCC)cc3)CC21C. The third kappa shape index (κ3) is 6.51. The number of carbonyl (C=O) groups is 3. The van der Waals surface area contributed by atoms with Crippen molar-refractivity contribution in [3.8, 4) is 0 Å². The van der Waals surface area contributed by atoms with Gasteiger partial charge >= 0.3 is 12.0 Å². The minimum Gasteiger partial charge on any atom is -0.466 e. The van der Waals surface area contributed by atoms with Crippen molar-refractivity contribution in [1.29, 1.82) is 0 Å². The predicted molar refractivity (Wildman–Crippen MR) is 170 cm³/mol. The molecule has 2 fully saturated rings. The lowest BCUT2D eigenvalue weighted by Gasteiger charge is -2.55. The number of benzene rings is 1. The normalized spacial score (nSPS) is 29.9. The van der Waals surface area contributed by atoms with Gasteiger partial charge in [-0.25, -0.2) is 4.79 Å². The standard InChI is InChI=1S/C35H46N2O5S/c1-4-18-43-22-35(41)16-14-30-28-12-10-25-19-26(38)11-13-27(25)32(28)29(20-34(30,35)3)24-8-6-23(7-9-24)21-37-33(40)36-17-15-31(39)42-5-2/h4,6-9,18-19,28-30,41H,5,10-17,20-22H2,1-3H3,(H2,36,37,40).